The molecule has 0 amide bonds. The van der Waals surface area contributed by atoms with Crippen molar-refractivity contribution < 1.29 is 9.59 Å². The molecule has 0 atom stereocenters. The average molecular weight is 259 g/mol. The van der Waals surface area contributed by atoms with Crippen LogP contribution in [0, 0.1) is 0 Å². The molecule has 0 bridgehead atoms. The SMILES string of the molecule is CCCC(C(=O)Cl)(C(=O)Cl)c1ccccc1. The zero-order valence-electron chi connectivity index (χ0n) is 8.87. The molecule has 1 aromatic rings. The molecule has 0 aliphatic heterocycles. The van der Waals surface area contributed by atoms with E-state index in [1.165, 1.54) is 0 Å². The van der Waals surface area contributed by atoms with E-state index in [9.17, 15) is 9.59 Å². The molecule has 0 spiro atoms. The minimum absolute atomic E-state index is 0.321. The molecule has 0 aliphatic rings. The Morgan fingerprint density at radius 3 is 2.00 bits per heavy atom. The van der Waals surface area contributed by atoms with Gasteiger partial charge in [0.2, 0.25) is 10.5 Å². The van der Waals surface area contributed by atoms with E-state index in [1.54, 1.807) is 30.3 Å². The van der Waals surface area contributed by atoms with Crippen LogP contribution in [0.2, 0.25) is 0 Å². The van der Waals surface area contributed by atoms with Gasteiger partial charge in [-0.05, 0) is 35.2 Å². The van der Waals surface area contributed by atoms with Gasteiger partial charge in [-0.1, -0.05) is 43.7 Å². The second-order valence-electron chi connectivity index (χ2n) is 3.57. The molecule has 0 heterocycles. The van der Waals surface area contributed by atoms with Crippen molar-refractivity contribution in [3.8, 4) is 0 Å². The van der Waals surface area contributed by atoms with Gasteiger partial charge in [0.05, 0.1) is 0 Å². The first-order valence-electron chi connectivity index (χ1n) is 5.01. The van der Waals surface area contributed by atoms with Crippen LogP contribution in [0.15, 0.2) is 30.3 Å². The summed E-state index contributed by atoms with van der Waals surface area (Å²) in [5, 5.41) is -1.44. The Kier molecular flexibility index (Phi) is 4.51. The number of carbonyl (C=O) groups is 2. The lowest BCUT2D eigenvalue weighted by Gasteiger charge is -2.25. The third-order valence-corrected chi connectivity index (χ3v) is 3.21. The van der Waals surface area contributed by atoms with E-state index in [2.05, 4.69) is 0 Å². The van der Waals surface area contributed by atoms with Crippen molar-refractivity contribution in [2.75, 3.05) is 0 Å². The summed E-state index contributed by atoms with van der Waals surface area (Å²) >= 11 is 11.1. The molecule has 4 heteroatoms. The van der Waals surface area contributed by atoms with E-state index >= 15 is 0 Å². The fourth-order valence-electron chi connectivity index (χ4n) is 1.74. The fourth-order valence-corrected chi connectivity index (χ4v) is 2.37. The molecule has 0 fully saturated rings. The summed E-state index contributed by atoms with van der Waals surface area (Å²) in [7, 11) is 0. The third-order valence-electron chi connectivity index (χ3n) is 2.56. The molecular weight excluding hydrogens is 247 g/mol. The van der Waals surface area contributed by atoms with Gasteiger partial charge in [-0.2, -0.15) is 0 Å². The number of hydrogen-bond acceptors (Lipinski definition) is 2. The smallest absolute Gasteiger partial charge is 0.241 e. The number of hydrogen-bond donors (Lipinski definition) is 0. The summed E-state index contributed by atoms with van der Waals surface area (Å²) < 4.78 is 0. The highest BCUT2D eigenvalue weighted by Gasteiger charge is 2.44. The van der Waals surface area contributed by atoms with Gasteiger partial charge in [-0.3, -0.25) is 9.59 Å². The first-order chi connectivity index (χ1) is 7.55. The lowest BCUT2D eigenvalue weighted by atomic mass is 9.79. The van der Waals surface area contributed by atoms with Gasteiger partial charge < -0.3 is 0 Å². The molecule has 0 N–H and O–H groups in total. The molecule has 86 valence electrons. The predicted molar refractivity (Wildman–Crippen MR) is 64.7 cm³/mol. The lowest BCUT2D eigenvalue weighted by molar-refractivity contribution is -0.126. The van der Waals surface area contributed by atoms with Gasteiger partial charge >= 0.3 is 0 Å². The lowest BCUT2D eigenvalue weighted by Crippen LogP contribution is -2.38. The monoisotopic (exact) mass is 258 g/mol. The predicted octanol–water partition coefficient (Wildman–Crippen LogP) is 3.26. The summed E-state index contributed by atoms with van der Waals surface area (Å²) in [4.78, 5) is 23.1. The maximum Gasteiger partial charge on any atom is 0.241 e. The Balaban J connectivity index is 3.33. The fraction of sp³-hybridized carbons (Fsp3) is 0.333. The minimum atomic E-state index is -1.40. The Morgan fingerprint density at radius 2 is 1.62 bits per heavy atom. The zero-order valence-corrected chi connectivity index (χ0v) is 10.4. The second kappa shape index (κ2) is 5.46. The highest BCUT2D eigenvalue weighted by atomic mass is 35.5. The Morgan fingerprint density at radius 1 is 1.12 bits per heavy atom. The molecule has 2 nitrogen and oxygen atoms in total. The standard InChI is InChI=1S/C12H12Cl2O2/c1-2-8-12(10(13)15,11(14)16)9-6-4-3-5-7-9/h3-7H,2,8H2,1H3. The van der Waals surface area contributed by atoms with E-state index in [0.717, 1.165) is 0 Å². The summed E-state index contributed by atoms with van der Waals surface area (Å²) in [6, 6.07) is 8.68. The van der Waals surface area contributed by atoms with Crippen LogP contribution in [0.3, 0.4) is 0 Å². The first kappa shape index (κ1) is 13.2. The van der Waals surface area contributed by atoms with Crippen LogP contribution in [-0.4, -0.2) is 10.5 Å². The van der Waals surface area contributed by atoms with E-state index < -0.39 is 15.9 Å². The van der Waals surface area contributed by atoms with Crippen LogP contribution in [0.25, 0.3) is 0 Å². The topological polar surface area (TPSA) is 34.1 Å². The Bertz CT molecular complexity index is 373. The summed E-state index contributed by atoms with van der Waals surface area (Å²) in [6.45, 7) is 1.87. The van der Waals surface area contributed by atoms with Crippen molar-refractivity contribution in [2.45, 2.75) is 25.2 Å². The Labute approximate surface area is 105 Å². The van der Waals surface area contributed by atoms with Gasteiger partial charge in [0.1, 0.15) is 5.41 Å². The first-order valence-corrected chi connectivity index (χ1v) is 5.76. The molecule has 0 radical (unpaired) electrons. The number of carbonyl (C=O) groups excluding carboxylic acids is 2. The maximum atomic E-state index is 11.6. The maximum absolute atomic E-state index is 11.6. The minimum Gasteiger partial charge on any atom is -0.280 e. The molecule has 1 aromatic carbocycles. The van der Waals surface area contributed by atoms with Crippen molar-refractivity contribution in [3.63, 3.8) is 0 Å². The largest absolute Gasteiger partial charge is 0.280 e. The van der Waals surface area contributed by atoms with Gasteiger partial charge in [-0.25, -0.2) is 0 Å². The van der Waals surface area contributed by atoms with Crippen molar-refractivity contribution in [2.24, 2.45) is 0 Å². The van der Waals surface area contributed by atoms with Crippen LogP contribution < -0.4 is 0 Å². The summed E-state index contributed by atoms with van der Waals surface area (Å²) in [6.07, 6.45) is 0.966. The van der Waals surface area contributed by atoms with Gasteiger partial charge in [-0.15, -0.1) is 0 Å². The number of halogens is 2. The van der Waals surface area contributed by atoms with Crippen molar-refractivity contribution in [1.29, 1.82) is 0 Å². The highest BCUT2D eigenvalue weighted by molar-refractivity contribution is 6.76. The van der Waals surface area contributed by atoms with Crippen LogP contribution in [-0.2, 0) is 15.0 Å². The van der Waals surface area contributed by atoms with E-state index in [4.69, 9.17) is 23.2 Å². The van der Waals surface area contributed by atoms with Gasteiger partial charge in [0.25, 0.3) is 0 Å². The molecule has 16 heavy (non-hydrogen) atoms. The quantitative estimate of drug-likeness (QED) is 0.600. The van der Waals surface area contributed by atoms with Crippen LogP contribution in [0.1, 0.15) is 25.3 Å². The molecular formula is C12H12Cl2O2. The van der Waals surface area contributed by atoms with E-state index in [0.29, 0.717) is 18.4 Å². The van der Waals surface area contributed by atoms with Gasteiger partial charge in [0.15, 0.2) is 0 Å². The average Bonchev–Trinajstić information content (AvgIpc) is 2.26. The van der Waals surface area contributed by atoms with Gasteiger partial charge in [0, 0.05) is 0 Å². The molecule has 0 saturated carbocycles. The highest BCUT2D eigenvalue weighted by Crippen LogP contribution is 2.34. The zero-order chi connectivity index (χ0) is 12.2. The van der Waals surface area contributed by atoms with Crippen LogP contribution >= 0.6 is 23.2 Å². The molecule has 0 aliphatic carbocycles. The normalized spacial score (nSPS) is 11.2. The molecule has 1 rings (SSSR count). The molecule has 0 unspecified atom stereocenters. The number of rotatable bonds is 5. The third kappa shape index (κ3) is 2.28. The van der Waals surface area contributed by atoms with Crippen LogP contribution in [0.4, 0.5) is 0 Å². The van der Waals surface area contributed by atoms with Crippen molar-refractivity contribution in [1.82, 2.24) is 0 Å². The van der Waals surface area contributed by atoms with Crippen molar-refractivity contribution in [3.05, 3.63) is 35.9 Å². The van der Waals surface area contributed by atoms with Crippen LogP contribution in [0.5, 0.6) is 0 Å². The van der Waals surface area contributed by atoms with E-state index in [1.807, 2.05) is 6.92 Å². The van der Waals surface area contributed by atoms with E-state index in [-0.39, 0.29) is 0 Å². The molecule has 0 aromatic heterocycles. The van der Waals surface area contributed by atoms with Crippen molar-refractivity contribution >= 4 is 33.7 Å². The second-order valence-corrected chi connectivity index (χ2v) is 4.26. The molecule has 0 saturated heterocycles. The number of benzene rings is 1. The summed E-state index contributed by atoms with van der Waals surface area (Å²) in [5.41, 5.74) is -0.851. The Hall–Kier alpha value is -0.860. The summed E-state index contributed by atoms with van der Waals surface area (Å²) in [5.74, 6) is 0.